The molecule has 0 saturated carbocycles. The van der Waals surface area contributed by atoms with Crippen molar-refractivity contribution in [3.8, 4) is 0 Å². The Balaban J connectivity index is 3.53. The highest BCUT2D eigenvalue weighted by molar-refractivity contribution is 7.95. The zero-order valence-electron chi connectivity index (χ0n) is 5.96. The molecular formula is C6H14O2S. The van der Waals surface area contributed by atoms with Crippen molar-refractivity contribution in [2.75, 3.05) is 5.75 Å². The third-order valence-electron chi connectivity index (χ3n) is 1.01. The SMILES string of the molecule is C=S(=O)(O)CCC(C)C. The second kappa shape index (κ2) is 3.22. The molecule has 1 N–H and O–H groups in total. The van der Waals surface area contributed by atoms with Crippen LogP contribution in [0.1, 0.15) is 20.3 Å². The van der Waals surface area contributed by atoms with Crippen LogP contribution in [-0.2, 0) is 9.80 Å². The average Bonchev–Trinajstić information content (AvgIpc) is 1.59. The monoisotopic (exact) mass is 150 g/mol. The fourth-order valence-corrected chi connectivity index (χ4v) is 1.26. The van der Waals surface area contributed by atoms with E-state index in [4.69, 9.17) is 4.55 Å². The van der Waals surface area contributed by atoms with E-state index in [1.807, 2.05) is 13.8 Å². The zero-order chi connectivity index (χ0) is 7.49. The van der Waals surface area contributed by atoms with E-state index in [0.717, 1.165) is 6.42 Å². The third kappa shape index (κ3) is 7.98. The van der Waals surface area contributed by atoms with E-state index < -0.39 is 9.80 Å². The van der Waals surface area contributed by atoms with Gasteiger partial charge in [-0.1, -0.05) is 13.8 Å². The molecule has 0 bridgehead atoms. The van der Waals surface area contributed by atoms with Crippen molar-refractivity contribution in [1.82, 2.24) is 0 Å². The van der Waals surface area contributed by atoms with Crippen LogP contribution in [0.3, 0.4) is 0 Å². The zero-order valence-corrected chi connectivity index (χ0v) is 6.78. The Morgan fingerprint density at radius 2 is 2.11 bits per heavy atom. The second-order valence-electron chi connectivity index (χ2n) is 2.66. The van der Waals surface area contributed by atoms with Crippen molar-refractivity contribution in [1.29, 1.82) is 0 Å². The van der Waals surface area contributed by atoms with Gasteiger partial charge in [-0.05, 0) is 18.2 Å². The lowest BCUT2D eigenvalue weighted by molar-refractivity contribution is 0.544. The number of hydrogen-bond donors (Lipinski definition) is 1. The summed E-state index contributed by atoms with van der Waals surface area (Å²) in [6.45, 7) is 4.04. The van der Waals surface area contributed by atoms with Crippen molar-refractivity contribution < 1.29 is 8.76 Å². The van der Waals surface area contributed by atoms with Crippen LogP contribution >= 0.6 is 0 Å². The molecular weight excluding hydrogens is 136 g/mol. The Morgan fingerprint density at radius 3 is 2.22 bits per heavy atom. The lowest BCUT2D eigenvalue weighted by Crippen LogP contribution is -2.05. The van der Waals surface area contributed by atoms with Crippen LogP contribution in [0.2, 0.25) is 0 Å². The largest absolute Gasteiger partial charge is 0.314 e. The molecule has 0 amide bonds. The van der Waals surface area contributed by atoms with Crippen molar-refractivity contribution in [2.45, 2.75) is 20.3 Å². The molecule has 1 unspecified atom stereocenters. The van der Waals surface area contributed by atoms with Gasteiger partial charge in [0.25, 0.3) is 0 Å². The maximum Gasteiger partial charge on any atom is 0.0746 e. The molecule has 0 spiro atoms. The first-order chi connectivity index (χ1) is 3.92. The van der Waals surface area contributed by atoms with E-state index in [2.05, 4.69) is 5.87 Å². The van der Waals surface area contributed by atoms with Gasteiger partial charge < -0.3 is 4.55 Å². The summed E-state index contributed by atoms with van der Waals surface area (Å²) in [4.78, 5) is 0. The minimum absolute atomic E-state index is 0.324. The molecule has 9 heavy (non-hydrogen) atoms. The first kappa shape index (κ1) is 8.98. The van der Waals surface area contributed by atoms with Gasteiger partial charge >= 0.3 is 0 Å². The summed E-state index contributed by atoms with van der Waals surface area (Å²) in [5.74, 6) is 3.94. The highest BCUT2D eigenvalue weighted by Gasteiger charge is 1.99. The van der Waals surface area contributed by atoms with E-state index in [9.17, 15) is 4.21 Å². The number of hydrogen-bond acceptors (Lipinski definition) is 1. The number of rotatable bonds is 3. The Labute approximate surface area is 57.1 Å². The van der Waals surface area contributed by atoms with E-state index in [1.165, 1.54) is 0 Å². The van der Waals surface area contributed by atoms with Gasteiger partial charge in [0, 0.05) is 5.75 Å². The van der Waals surface area contributed by atoms with Crippen LogP contribution in [0.25, 0.3) is 0 Å². The van der Waals surface area contributed by atoms with Crippen LogP contribution < -0.4 is 0 Å². The minimum atomic E-state index is -2.72. The molecule has 0 aromatic rings. The van der Waals surface area contributed by atoms with Crippen molar-refractivity contribution >= 4 is 15.7 Å². The molecule has 0 radical (unpaired) electrons. The fourth-order valence-electron chi connectivity index (χ4n) is 0.420. The molecule has 0 aliphatic rings. The Morgan fingerprint density at radius 1 is 1.67 bits per heavy atom. The van der Waals surface area contributed by atoms with Gasteiger partial charge in [0.1, 0.15) is 0 Å². The molecule has 0 heterocycles. The maximum absolute atomic E-state index is 10.5. The molecule has 0 saturated heterocycles. The van der Waals surface area contributed by atoms with Gasteiger partial charge in [-0.25, -0.2) is 4.21 Å². The Bertz CT molecular complexity index is 156. The molecule has 3 heteroatoms. The summed E-state index contributed by atoms with van der Waals surface area (Å²) in [6, 6.07) is 0. The average molecular weight is 150 g/mol. The van der Waals surface area contributed by atoms with Gasteiger partial charge in [0.05, 0.1) is 9.80 Å². The first-order valence-corrected chi connectivity index (χ1v) is 4.84. The van der Waals surface area contributed by atoms with Gasteiger partial charge in [0.2, 0.25) is 0 Å². The summed E-state index contributed by atoms with van der Waals surface area (Å²) in [5.41, 5.74) is 0. The van der Waals surface area contributed by atoms with Crippen LogP contribution in [-0.4, -0.2) is 20.4 Å². The van der Waals surface area contributed by atoms with E-state index in [1.54, 1.807) is 0 Å². The molecule has 0 fully saturated rings. The first-order valence-electron chi connectivity index (χ1n) is 2.99. The predicted octanol–water partition coefficient (Wildman–Crippen LogP) is 1.22. The molecule has 1 atom stereocenters. The van der Waals surface area contributed by atoms with Crippen molar-refractivity contribution in [3.63, 3.8) is 0 Å². The summed E-state index contributed by atoms with van der Waals surface area (Å²) >= 11 is 0. The lowest BCUT2D eigenvalue weighted by atomic mass is 10.2. The Kier molecular flexibility index (Phi) is 3.22. The van der Waals surface area contributed by atoms with Gasteiger partial charge in [-0.15, -0.1) is 0 Å². The molecule has 2 nitrogen and oxygen atoms in total. The third-order valence-corrected chi connectivity index (χ3v) is 1.89. The highest BCUT2D eigenvalue weighted by Crippen LogP contribution is 2.00. The molecule has 0 rings (SSSR count). The molecule has 0 aromatic carbocycles. The second-order valence-corrected chi connectivity index (χ2v) is 4.61. The maximum atomic E-state index is 10.5. The normalized spacial score (nSPS) is 17.8. The molecule has 56 valence electrons. The quantitative estimate of drug-likeness (QED) is 0.614. The van der Waals surface area contributed by atoms with E-state index in [-0.39, 0.29) is 0 Å². The van der Waals surface area contributed by atoms with Crippen molar-refractivity contribution in [2.24, 2.45) is 5.92 Å². The lowest BCUT2D eigenvalue weighted by Gasteiger charge is -2.03. The summed E-state index contributed by atoms with van der Waals surface area (Å²) in [6.07, 6.45) is 0.777. The molecule has 0 aromatic heterocycles. The van der Waals surface area contributed by atoms with E-state index >= 15 is 0 Å². The van der Waals surface area contributed by atoms with E-state index in [0.29, 0.717) is 11.7 Å². The molecule has 0 aliphatic heterocycles. The molecule has 0 aliphatic carbocycles. The fraction of sp³-hybridized carbons (Fsp3) is 0.833. The van der Waals surface area contributed by atoms with Crippen LogP contribution in [0.5, 0.6) is 0 Å². The summed E-state index contributed by atoms with van der Waals surface area (Å²) in [7, 11) is -2.72. The van der Waals surface area contributed by atoms with Crippen molar-refractivity contribution in [3.05, 3.63) is 0 Å². The smallest absolute Gasteiger partial charge is 0.0746 e. The standard InChI is InChI=1S/C6H14O2S/c1-6(2)4-5-9(3,7)8/h6H,3-5H2,1-2H3,(H,7,8). The predicted molar refractivity (Wildman–Crippen MR) is 42.2 cm³/mol. The minimum Gasteiger partial charge on any atom is -0.314 e. The van der Waals surface area contributed by atoms with Crippen LogP contribution in [0, 0.1) is 5.92 Å². The van der Waals surface area contributed by atoms with Crippen LogP contribution in [0.15, 0.2) is 0 Å². The van der Waals surface area contributed by atoms with Gasteiger partial charge in [-0.3, -0.25) is 0 Å². The van der Waals surface area contributed by atoms with Gasteiger partial charge in [0.15, 0.2) is 0 Å². The van der Waals surface area contributed by atoms with Gasteiger partial charge in [-0.2, -0.15) is 0 Å². The Hall–Kier alpha value is -0.0200. The van der Waals surface area contributed by atoms with Crippen LogP contribution in [0.4, 0.5) is 0 Å². The topological polar surface area (TPSA) is 37.3 Å². The summed E-state index contributed by atoms with van der Waals surface area (Å²) < 4.78 is 19.2. The highest BCUT2D eigenvalue weighted by atomic mass is 32.2. The summed E-state index contributed by atoms with van der Waals surface area (Å²) in [5, 5.41) is 0.